The van der Waals surface area contributed by atoms with Crippen molar-refractivity contribution in [2.75, 3.05) is 26.2 Å². The molecule has 0 spiro atoms. The van der Waals surface area contributed by atoms with Gasteiger partial charge in [0.15, 0.2) is 0 Å². The summed E-state index contributed by atoms with van der Waals surface area (Å²) in [4.78, 5) is 39.0. The number of rotatable bonds is 5. The number of hydrogen-bond acceptors (Lipinski definition) is 6. The number of nitrogens with one attached hydrogen (secondary N) is 1. The van der Waals surface area contributed by atoms with Gasteiger partial charge in [0.25, 0.3) is 12.9 Å². The molecule has 3 aliphatic rings. The van der Waals surface area contributed by atoms with Crippen molar-refractivity contribution >= 4 is 18.9 Å². The Morgan fingerprint density at radius 2 is 1.53 bits per heavy atom. The van der Waals surface area contributed by atoms with Crippen LogP contribution in [0.25, 0.3) is 0 Å². The van der Waals surface area contributed by atoms with Crippen LogP contribution < -0.4 is 5.32 Å². The molecule has 1 aromatic rings. The molecule has 1 aliphatic carbocycles. The van der Waals surface area contributed by atoms with E-state index in [1.807, 2.05) is 12.4 Å². The normalized spacial score (nSPS) is 20.9. The summed E-state index contributed by atoms with van der Waals surface area (Å²) in [5, 5.41) is 17.2. The zero-order chi connectivity index (χ0) is 23.2. The van der Waals surface area contributed by atoms with Gasteiger partial charge in [0, 0.05) is 38.1 Å². The standard InChI is InChI=1S/C21H32N4O.2CH2O2/c26-20(21(9-1-2-10-21)25-13-3-4-14-25)23-19-7-15-24(16-8-19)17-18-5-11-22-12-6-18;2*2-1-3/h5-6,11-12,19H,1-4,7-10,13-17H2,(H,23,26);2*1H,(H,2,3). The Hall–Kier alpha value is -2.52. The molecule has 0 radical (unpaired) electrons. The van der Waals surface area contributed by atoms with Crippen molar-refractivity contribution in [3.05, 3.63) is 30.1 Å². The third-order valence-electron chi connectivity index (χ3n) is 6.64. The number of likely N-dealkylation sites (tertiary alicyclic amines) is 2. The highest BCUT2D eigenvalue weighted by molar-refractivity contribution is 5.87. The number of carboxylic acid groups (broad SMARTS) is 2. The van der Waals surface area contributed by atoms with Crippen molar-refractivity contribution < 1.29 is 24.6 Å². The maximum absolute atomic E-state index is 13.2. The van der Waals surface area contributed by atoms with E-state index in [0.717, 1.165) is 58.4 Å². The molecule has 2 saturated heterocycles. The number of nitrogens with zero attached hydrogens (tertiary/aromatic N) is 3. The van der Waals surface area contributed by atoms with E-state index in [9.17, 15) is 4.79 Å². The van der Waals surface area contributed by atoms with E-state index >= 15 is 0 Å². The van der Waals surface area contributed by atoms with E-state index in [2.05, 4.69) is 32.2 Å². The van der Waals surface area contributed by atoms with Crippen LogP contribution in [0.4, 0.5) is 0 Å². The Kier molecular flexibility index (Phi) is 11.1. The van der Waals surface area contributed by atoms with Gasteiger partial charge in [-0.05, 0) is 69.3 Å². The summed E-state index contributed by atoms with van der Waals surface area (Å²) in [6.07, 6.45) is 12.9. The Morgan fingerprint density at radius 1 is 1.00 bits per heavy atom. The largest absolute Gasteiger partial charge is 0.483 e. The summed E-state index contributed by atoms with van der Waals surface area (Å²) in [5.74, 6) is 0.324. The third-order valence-corrected chi connectivity index (χ3v) is 6.64. The van der Waals surface area contributed by atoms with Gasteiger partial charge in [0.1, 0.15) is 5.54 Å². The molecule has 178 valence electrons. The van der Waals surface area contributed by atoms with Crippen LogP contribution in [0.1, 0.15) is 56.9 Å². The lowest BCUT2D eigenvalue weighted by Gasteiger charge is -2.40. The minimum absolute atomic E-state index is 0.190. The molecule has 0 unspecified atom stereocenters. The quantitative estimate of drug-likeness (QED) is 0.584. The van der Waals surface area contributed by atoms with E-state index < -0.39 is 0 Å². The smallest absolute Gasteiger partial charge is 0.290 e. The average Bonchev–Trinajstić information content (AvgIpc) is 3.50. The van der Waals surface area contributed by atoms with Gasteiger partial charge in [-0.25, -0.2) is 0 Å². The van der Waals surface area contributed by atoms with E-state index in [1.54, 1.807) is 0 Å². The number of carbonyl (C=O) groups excluding carboxylic acids is 1. The first kappa shape index (κ1) is 25.7. The SMILES string of the molecule is O=C(NC1CCN(Cc2ccncc2)CC1)C1(N2CCCC2)CCCC1.O=CO.O=CO. The fourth-order valence-electron chi connectivity index (χ4n) is 5.09. The Labute approximate surface area is 189 Å². The Bertz CT molecular complexity index is 677. The predicted octanol–water partition coefficient (Wildman–Crippen LogP) is 1.97. The van der Waals surface area contributed by atoms with Crippen LogP contribution >= 0.6 is 0 Å². The number of amides is 1. The molecule has 9 heteroatoms. The van der Waals surface area contributed by atoms with Crippen molar-refractivity contribution in [2.24, 2.45) is 0 Å². The second-order valence-corrected chi connectivity index (χ2v) is 8.52. The van der Waals surface area contributed by atoms with Gasteiger partial charge in [0.05, 0.1) is 0 Å². The first-order valence-corrected chi connectivity index (χ1v) is 11.4. The molecule has 0 atom stereocenters. The van der Waals surface area contributed by atoms with Crippen molar-refractivity contribution in [3.63, 3.8) is 0 Å². The van der Waals surface area contributed by atoms with Gasteiger partial charge in [-0.2, -0.15) is 0 Å². The van der Waals surface area contributed by atoms with E-state index in [0.29, 0.717) is 11.9 Å². The van der Waals surface area contributed by atoms with Crippen LogP contribution in [0.5, 0.6) is 0 Å². The molecule has 1 saturated carbocycles. The number of carbonyl (C=O) groups is 3. The fourth-order valence-corrected chi connectivity index (χ4v) is 5.09. The van der Waals surface area contributed by atoms with E-state index in [1.165, 1.54) is 31.2 Å². The minimum Gasteiger partial charge on any atom is -0.483 e. The summed E-state index contributed by atoms with van der Waals surface area (Å²) in [5.41, 5.74) is 1.13. The lowest BCUT2D eigenvalue weighted by atomic mass is 9.92. The van der Waals surface area contributed by atoms with E-state index in [4.69, 9.17) is 19.8 Å². The molecule has 3 heterocycles. The highest BCUT2D eigenvalue weighted by Gasteiger charge is 2.47. The maximum Gasteiger partial charge on any atom is 0.290 e. The van der Waals surface area contributed by atoms with Gasteiger partial charge in [-0.3, -0.25) is 29.2 Å². The van der Waals surface area contributed by atoms with Crippen LogP contribution in [-0.4, -0.2) is 81.6 Å². The van der Waals surface area contributed by atoms with Crippen molar-refractivity contribution in [2.45, 2.75) is 69.5 Å². The average molecular weight is 449 g/mol. The third kappa shape index (κ3) is 7.27. The van der Waals surface area contributed by atoms with E-state index in [-0.39, 0.29) is 18.5 Å². The Morgan fingerprint density at radius 3 is 2.06 bits per heavy atom. The zero-order valence-electron chi connectivity index (χ0n) is 18.7. The van der Waals surface area contributed by atoms with Crippen molar-refractivity contribution in [3.8, 4) is 0 Å². The summed E-state index contributed by atoms with van der Waals surface area (Å²) in [6, 6.07) is 4.53. The molecule has 3 fully saturated rings. The first-order valence-electron chi connectivity index (χ1n) is 11.4. The summed E-state index contributed by atoms with van der Waals surface area (Å²) >= 11 is 0. The predicted molar refractivity (Wildman–Crippen MR) is 120 cm³/mol. The molecular weight excluding hydrogens is 412 g/mol. The second-order valence-electron chi connectivity index (χ2n) is 8.52. The maximum atomic E-state index is 13.2. The van der Waals surface area contributed by atoms with Crippen molar-refractivity contribution in [1.29, 1.82) is 0 Å². The fraction of sp³-hybridized carbons (Fsp3) is 0.652. The van der Waals surface area contributed by atoms with Gasteiger partial charge >= 0.3 is 0 Å². The monoisotopic (exact) mass is 448 g/mol. The number of piperidine rings is 1. The Balaban J connectivity index is 0.000000547. The molecule has 9 nitrogen and oxygen atoms in total. The summed E-state index contributed by atoms with van der Waals surface area (Å²) in [6.45, 7) is 4.82. The zero-order valence-corrected chi connectivity index (χ0v) is 18.7. The van der Waals surface area contributed by atoms with Gasteiger partial charge in [0.2, 0.25) is 5.91 Å². The molecule has 32 heavy (non-hydrogen) atoms. The molecule has 2 aliphatic heterocycles. The minimum atomic E-state index is -0.250. The number of aromatic nitrogens is 1. The first-order chi connectivity index (χ1) is 15.6. The molecule has 0 bridgehead atoms. The molecule has 3 N–H and O–H groups in total. The molecule has 1 amide bonds. The molecule has 4 rings (SSSR count). The molecule has 1 aromatic heterocycles. The van der Waals surface area contributed by atoms with Crippen LogP contribution in [0, 0.1) is 0 Å². The van der Waals surface area contributed by atoms with Gasteiger partial charge in [-0.1, -0.05) is 12.8 Å². The lowest BCUT2D eigenvalue weighted by molar-refractivity contribution is -0.134. The highest BCUT2D eigenvalue weighted by Crippen LogP contribution is 2.38. The van der Waals surface area contributed by atoms with Gasteiger partial charge < -0.3 is 15.5 Å². The summed E-state index contributed by atoms with van der Waals surface area (Å²) in [7, 11) is 0. The van der Waals surface area contributed by atoms with Crippen molar-refractivity contribution in [1.82, 2.24) is 20.1 Å². The van der Waals surface area contributed by atoms with Gasteiger partial charge in [-0.15, -0.1) is 0 Å². The molecule has 0 aromatic carbocycles. The highest BCUT2D eigenvalue weighted by atomic mass is 16.3. The van der Waals surface area contributed by atoms with Crippen LogP contribution in [-0.2, 0) is 20.9 Å². The van der Waals surface area contributed by atoms with Crippen LogP contribution in [0.3, 0.4) is 0 Å². The molecular formula is C23H36N4O5. The second kappa shape index (κ2) is 13.8. The summed E-state index contributed by atoms with van der Waals surface area (Å²) < 4.78 is 0. The van der Waals surface area contributed by atoms with Crippen LogP contribution in [0.15, 0.2) is 24.5 Å². The lowest BCUT2D eigenvalue weighted by Crippen LogP contribution is -2.59. The number of pyridine rings is 1. The number of hydrogen-bond donors (Lipinski definition) is 3. The topological polar surface area (TPSA) is 123 Å². The van der Waals surface area contributed by atoms with Crippen LogP contribution in [0.2, 0.25) is 0 Å².